The molecule has 0 unspecified atom stereocenters. The van der Waals surface area contributed by atoms with E-state index in [1.165, 1.54) is 42.9 Å². The molecule has 2 aromatic carbocycles. The Balaban J connectivity index is 0.000000144. The maximum absolute atomic E-state index is 2.12. The summed E-state index contributed by atoms with van der Waals surface area (Å²) in [5, 5.41) is 2.62. The largest absolute Gasteiger partial charge is 0.0616 e. The van der Waals surface area contributed by atoms with Crippen LogP contribution in [-0.2, 0) is 0 Å². The molecule has 1 aliphatic carbocycles. The van der Waals surface area contributed by atoms with Gasteiger partial charge in [-0.3, -0.25) is 0 Å². The van der Waals surface area contributed by atoms with E-state index in [1.54, 1.807) is 0 Å². The molecule has 0 saturated heterocycles. The van der Waals surface area contributed by atoms with Gasteiger partial charge in [-0.1, -0.05) is 80.6 Å². The number of hydrogen-bond donors (Lipinski definition) is 0. The molecule has 1 fully saturated rings. The van der Waals surface area contributed by atoms with Gasteiger partial charge in [-0.25, -0.2) is 0 Å². The molecule has 0 atom stereocenters. The number of hydrogen-bond acceptors (Lipinski definition) is 0. The van der Waals surface area contributed by atoms with Gasteiger partial charge in [-0.15, -0.1) is 0 Å². The van der Waals surface area contributed by atoms with Crippen molar-refractivity contribution in [3.8, 4) is 0 Å². The highest BCUT2D eigenvalue weighted by Gasteiger charge is 1.95. The fourth-order valence-corrected chi connectivity index (χ4v) is 2.02. The third-order valence-corrected chi connectivity index (χ3v) is 2.91. The van der Waals surface area contributed by atoms with E-state index in [0.717, 1.165) is 0 Å². The Morgan fingerprint density at radius 2 is 0.733 bits per heavy atom. The Morgan fingerprint density at radius 3 is 1.00 bits per heavy atom. The Hall–Kier alpha value is -1.30. The molecule has 0 spiro atoms. The summed E-state index contributed by atoms with van der Waals surface area (Å²) in [4.78, 5) is 0. The van der Waals surface area contributed by atoms with Gasteiger partial charge in [0.2, 0.25) is 0 Å². The second-order valence-corrected chi connectivity index (χ2v) is 4.11. The second-order valence-electron chi connectivity index (χ2n) is 4.11. The second kappa shape index (κ2) is 5.55. The smallest absolute Gasteiger partial charge is 0.0184 e. The van der Waals surface area contributed by atoms with E-state index in [9.17, 15) is 0 Å². The highest BCUT2D eigenvalue weighted by molar-refractivity contribution is 5.81. The molecule has 0 N–H and O–H groups in total. The molecule has 15 heavy (non-hydrogen) atoms. The summed E-state index contributed by atoms with van der Waals surface area (Å²) in [6.45, 7) is 0. The van der Waals surface area contributed by atoms with Gasteiger partial charge in [0.15, 0.2) is 0 Å². The molecule has 0 aromatic heterocycles. The van der Waals surface area contributed by atoms with Crippen molar-refractivity contribution in [3.05, 3.63) is 48.5 Å². The Labute approximate surface area is 91.9 Å². The van der Waals surface area contributed by atoms with E-state index in [0.29, 0.717) is 0 Å². The van der Waals surface area contributed by atoms with E-state index >= 15 is 0 Å². The van der Waals surface area contributed by atoms with Crippen molar-refractivity contribution in [2.45, 2.75) is 32.1 Å². The van der Waals surface area contributed by atoms with Crippen LogP contribution in [0.15, 0.2) is 48.5 Å². The molecule has 2 aromatic rings. The van der Waals surface area contributed by atoms with Crippen LogP contribution in [0.2, 0.25) is 0 Å². The van der Waals surface area contributed by atoms with E-state index in [2.05, 4.69) is 48.5 Å². The minimum absolute atomic E-state index is 1.31. The SMILES string of the molecule is C1CCCC1.c1ccc2ccccc2c1. The van der Waals surface area contributed by atoms with E-state index in [-0.39, 0.29) is 0 Å². The molecule has 78 valence electrons. The summed E-state index contributed by atoms with van der Waals surface area (Å²) in [7, 11) is 0. The molecule has 0 aliphatic heterocycles. The molecule has 1 aliphatic rings. The average molecular weight is 198 g/mol. The fraction of sp³-hybridized carbons (Fsp3) is 0.333. The van der Waals surface area contributed by atoms with E-state index < -0.39 is 0 Å². The summed E-state index contributed by atoms with van der Waals surface area (Å²) in [6, 6.07) is 16.7. The van der Waals surface area contributed by atoms with Crippen molar-refractivity contribution in [2.24, 2.45) is 0 Å². The summed E-state index contributed by atoms with van der Waals surface area (Å²) in [5.74, 6) is 0. The van der Waals surface area contributed by atoms with Crippen LogP contribution in [0.5, 0.6) is 0 Å². The lowest BCUT2D eigenvalue weighted by Crippen LogP contribution is -1.67. The first-order valence-electron chi connectivity index (χ1n) is 5.90. The van der Waals surface area contributed by atoms with Gasteiger partial charge in [-0.05, 0) is 10.8 Å². The van der Waals surface area contributed by atoms with Crippen molar-refractivity contribution < 1.29 is 0 Å². The maximum Gasteiger partial charge on any atom is -0.0184 e. The van der Waals surface area contributed by atoms with Crippen LogP contribution < -0.4 is 0 Å². The predicted molar refractivity (Wildman–Crippen MR) is 67.0 cm³/mol. The van der Waals surface area contributed by atoms with E-state index in [4.69, 9.17) is 0 Å². The van der Waals surface area contributed by atoms with Crippen molar-refractivity contribution in [1.29, 1.82) is 0 Å². The fourth-order valence-electron chi connectivity index (χ4n) is 2.02. The molecule has 0 heterocycles. The lowest BCUT2D eigenvalue weighted by Gasteiger charge is -1.92. The molecule has 0 amide bonds. The molecule has 3 rings (SSSR count). The van der Waals surface area contributed by atoms with Crippen LogP contribution >= 0.6 is 0 Å². The molecular formula is C15H18. The number of fused-ring (bicyclic) bond motifs is 1. The first kappa shape index (κ1) is 10.2. The summed E-state index contributed by atoms with van der Waals surface area (Å²) in [6.07, 6.45) is 7.50. The first-order valence-corrected chi connectivity index (χ1v) is 5.90. The molecule has 0 nitrogen and oxygen atoms in total. The average Bonchev–Trinajstić information content (AvgIpc) is 2.88. The first-order chi connectivity index (χ1) is 7.47. The Bertz CT molecular complexity index is 326. The normalized spacial score (nSPS) is 14.7. The Kier molecular flexibility index (Phi) is 3.78. The molecule has 1 saturated carbocycles. The number of benzene rings is 2. The molecule has 0 heteroatoms. The van der Waals surface area contributed by atoms with Gasteiger partial charge in [-0.2, -0.15) is 0 Å². The van der Waals surface area contributed by atoms with Gasteiger partial charge in [0.05, 0.1) is 0 Å². The van der Waals surface area contributed by atoms with Crippen LogP contribution in [0.1, 0.15) is 32.1 Å². The van der Waals surface area contributed by atoms with Crippen molar-refractivity contribution in [1.82, 2.24) is 0 Å². The van der Waals surface area contributed by atoms with Crippen LogP contribution in [0, 0.1) is 0 Å². The zero-order valence-corrected chi connectivity index (χ0v) is 9.15. The minimum Gasteiger partial charge on any atom is -0.0616 e. The predicted octanol–water partition coefficient (Wildman–Crippen LogP) is 4.79. The summed E-state index contributed by atoms with van der Waals surface area (Å²) < 4.78 is 0. The quantitative estimate of drug-likeness (QED) is 0.571. The minimum atomic E-state index is 1.31. The zero-order valence-electron chi connectivity index (χ0n) is 9.15. The monoisotopic (exact) mass is 198 g/mol. The van der Waals surface area contributed by atoms with Gasteiger partial charge in [0.25, 0.3) is 0 Å². The van der Waals surface area contributed by atoms with E-state index in [1.807, 2.05) is 0 Å². The topological polar surface area (TPSA) is 0 Å². The van der Waals surface area contributed by atoms with Gasteiger partial charge in [0.1, 0.15) is 0 Å². The molecular weight excluding hydrogens is 180 g/mol. The lowest BCUT2D eigenvalue weighted by molar-refractivity contribution is 0.886. The lowest BCUT2D eigenvalue weighted by atomic mass is 10.1. The van der Waals surface area contributed by atoms with Crippen molar-refractivity contribution >= 4 is 10.8 Å². The van der Waals surface area contributed by atoms with Crippen LogP contribution in [0.3, 0.4) is 0 Å². The van der Waals surface area contributed by atoms with Crippen LogP contribution in [-0.4, -0.2) is 0 Å². The summed E-state index contributed by atoms with van der Waals surface area (Å²) >= 11 is 0. The molecule has 0 bridgehead atoms. The standard InChI is InChI=1S/C10H8.C5H10/c1-2-6-10-8-4-3-7-9(10)5-1;1-2-4-5-3-1/h1-8H;1-5H2. The van der Waals surface area contributed by atoms with Crippen LogP contribution in [0.4, 0.5) is 0 Å². The highest BCUT2D eigenvalue weighted by Crippen LogP contribution is 2.15. The van der Waals surface area contributed by atoms with Gasteiger partial charge < -0.3 is 0 Å². The number of rotatable bonds is 0. The summed E-state index contributed by atoms with van der Waals surface area (Å²) in [5.41, 5.74) is 0. The maximum atomic E-state index is 2.12. The highest BCUT2D eigenvalue weighted by atomic mass is 14.0. The van der Waals surface area contributed by atoms with Gasteiger partial charge in [0, 0.05) is 0 Å². The van der Waals surface area contributed by atoms with Crippen LogP contribution in [0.25, 0.3) is 10.8 Å². The zero-order chi connectivity index (χ0) is 10.3. The Morgan fingerprint density at radius 1 is 0.467 bits per heavy atom. The third kappa shape index (κ3) is 3.09. The third-order valence-electron chi connectivity index (χ3n) is 2.91. The van der Waals surface area contributed by atoms with Crippen molar-refractivity contribution in [3.63, 3.8) is 0 Å². The van der Waals surface area contributed by atoms with Gasteiger partial charge >= 0.3 is 0 Å². The van der Waals surface area contributed by atoms with Crippen molar-refractivity contribution in [2.75, 3.05) is 0 Å². The molecule has 0 radical (unpaired) electrons.